The Morgan fingerprint density at radius 3 is 1.60 bits per heavy atom. The first-order valence-corrected chi connectivity index (χ1v) is 14.4. The predicted octanol–water partition coefficient (Wildman–Crippen LogP) is 8.18. The average molecular weight is 476 g/mol. The summed E-state index contributed by atoms with van der Waals surface area (Å²) in [6.45, 7) is 9.20. The van der Waals surface area contributed by atoms with E-state index in [0.717, 1.165) is 0 Å². The van der Waals surface area contributed by atoms with Crippen molar-refractivity contribution in [2.45, 2.75) is 39.5 Å². The summed E-state index contributed by atoms with van der Waals surface area (Å²) in [6, 6.07) is 37.8. The standard InChI is InChI=1S/C33H34NP/c1-24(2)29-20-13-21-30(25(3)4)33(29)34-35(27-15-7-5-8-16-27,28-17-9-6-10-18-28)32-23-22-26-14-11-12-19-31(26)32/h5-25,34H,1-4H3. The van der Waals surface area contributed by atoms with Crippen LogP contribution in [-0.2, 0) is 0 Å². The Labute approximate surface area is 210 Å². The number of anilines is 1. The molecule has 1 aliphatic carbocycles. The summed E-state index contributed by atoms with van der Waals surface area (Å²) in [4.78, 5) is 0. The third-order valence-corrected chi connectivity index (χ3v) is 10.8. The van der Waals surface area contributed by atoms with E-state index in [4.69, 9.17) is 0 Å². The highest BCUT2D eigenvalue weighted by atomic mass is 31.2. The summed E-state index contributed by atoms with van der Waals surface area (Å²) in [6.07, 6.45) is 4.64. The molecule has 0 unspecified atom stereocenters. The number of benzene rings is 4. The van der Waals surface area contributed by atoms with E-state index in [-0.39, 0.29) is 0 Å². The van der Waals surface area contributed by atoms with Crippen LogP contribution in [0.5, 0.6) is 0 Å². The summed E-state index contributed by atoms with van der Waals surface area (Å²) >= 11 is 0. The second kappa shape index (κ2) is 9.76. The fraction of sp³-hybridized carbons (Fsp3) is 0.182. The first-order valence-electron chi connectivity index (χ1n) is 12.6. The van der Waals surface area contributed by atoms with Gasteiger partial charge in [-0.2, -0.15) is 0 Å². The Balaban J connectivity index is 1.94. The second-order valence-corrected chi connectivity index (χ2v) is 13.0. The molecule has 1 N–H and O–H groups in total. The lowest BCUT2D eigenvalue weighted by molar-refractivity contribution is 0.839. The molecule has 35 heavy (non-hydrogen) atoms. The molecule has 0 atom stereocenters. The molecule has 0 spiro atoms. The zero-order valence-electron chi connectivity index (χ0n) is 21.1. The number of hydrogen-bond donors (Lipinski definition) is 1. The number of hydrogen-bond acceptors (Lipinski definition) is 1. The summed E-state index contributed by atoms with van der Waals surface area (Å²) in [5, 5.41) is 8.41. The molecule has 0 amide bonds. The molecule has 0 bridgehead atoms. The zero-order chi connectivity index (χ0) is 24.4. The molecule has 2 heteroatoms. The highest BCUT2D eigenvalue weighted by Gasteiger charge is 2.31. The van der Waals surface area contributed by atoms with Crippen LogP contribution in [0.2, 0.25) is 0 Å². The van der Waals surface area contributed by atoms with E-state index in [0.29, 0.717) is 11.8 Å². The highest BCUT2D eigenvalue weighted by Crippen LogP contribution is 2.52. The first kappa shape index (κ1) is 23.5. The van der Waals surface area contributed by atoms with Gasteiger partial charge in [0, 0.05) is 18.0 Å². The number of para-hydroxylation sites is 1. The Morgan fingerprint density at radius 2 is 1.06 bits per heavy atom. The minimum Gasteiger partial charge on any atom is -0.358 e. The molecule has 0 aromatic heterocycles. The van der Waals surface area contributed by atoms with Crippen LogP contribution in [-0.4, -0.2) is 5.29 Å². The fourth-order valence-corrected chi connectivity index (χ4v) is 9.12. The maximum atomic E-state index is 4.33. The van der Waals surface area contributed by atoms with Crippen molar-refractivity contribution in [3.05, 3.63) is 131 Å². The molecule has 0 heterocycles. The Morgan fingerprint density at radius 1 is 0.543 bits per heavy atom. The van der Waals surface area contributed by atoms with Crippen LogP contribution in [0.15, 0.2) is 109 Å². The van der Waals surface area contributed by atoms with Gasteiger partial charge in [-0.3, -0.25) is 0 Å². The molecule has 4 aromatic carbocycles. The van der Waals surface area contributed by atoms with E-state index in [9.17, 15) is 0 Å². The molecule has 0 saturated carbocycles. The van der Waals surface area contributed by atoms with Crippen molar-refractivity contribution >= 4 is 34.7 Å². The van der Waals surface area contributed by atoms with E-state index in [1.807, 2.05) is 0 Å². The largest absolute Gasteiger partial charge is 0.358 e. The first-order chi connectivity index (χ1) is 17.0. The van der Waals surface area contributed by atoms with Gasteiger partial charge in [0.25, 0.3) is 0 Å². The maximum Gasteiger partial charge on any atom is 0.0446 e. The van der Waals surface area contributed by atoms with Gasteiger partial charge in [-0.1, -0.05) is 143 Å². The lowest BCUT2D eigenvalue weighted by Gasteiger charge is -2.35. The Kier molecular flexibility index (Phi) is 6.54. The molecule has 0 radical (unpaired) electrons. The molecule has 1 aliphatic rings. The number of nitrogens with one attached hydrogen (secondary N) is 1. The molecule has 0 aliphatic heterocycles. The van der Waals surface area contributed by atoms with Gasteiger partial charge in [-0.15, -0.1) is 0 Å². The number of rotatable bonds is 6. The molecule has 176 valence electrons. The van der Waals surface area contributed by atoms with Crippen molar-refractivity contribution < 1.29 is 0 Å². The summed E-state index contributed by atoms with van der Waals surface area (Å²) in [5.74, 6) is 0.835. The van der Waals surface area contributed by atoms with Crippen molar-refractivity contribution in [3.8, 4) is 0 Å². The van der Waals surface area contributed by atoms with E-state index in [1.54, 1.807) is 0 Å². The Bertz CT molecular complexity index is 1340. The third kappa shape index (κ3) is 4.19. The van der Waals surface area contributed by atoms with Crippen LogP contribution in [0.4, 0.5) is 5.69 Å². The minimum atomic E-state index is -2.26. The molecule has 4 aromatic rings. The van der Waals surface area contributed by atoms with Crippen LogP contribution < -0.4 is 15.7 Å². The zero-order valence-corrected chi connectivity index (χ0v) is 22.0. The van der Waals surface area contributed by atoms with Crippen LogP contribution in [0.25, 0.3) is 6.08 Å². The van der Waals surface area contributed by atoms with Gasteiger partial charge in [0.2, 0.25) is 0 Å². The van der Waals surface area contributed by atoms with Gasteiger partial charge in [0.05, 0.1) is 0 Å². The minimum absolute atomic E-state index is 0.418. The van der Waals surface area contributed by atoms with E-state index in [2.05, 4.69) is 148 Å². The van der Waals surface area contributed by atoms with Crippen molar-refractivity contribution in [1.82, 2.24) is 0 Å². The number of fused-ring (bicyclic) bond motifs is 1. The van der Waals surface area contributed by atoms with E-state index < -0.39 is 7.04 Å². The molecular weight excluding hydrogens is 441 g/mol. The van der Waals surface area contributed by atoms with Crippen LogP contribution >= 0.6 is 7.04 Å². The molecule has 0 saturated heterocycles. The maximum absolute atomic E-state index is 4.33. The van der Waals surface area contributed by atoms with Gasteiger partial charge < -0.3 is 5.09 Å². The molecule has 1 nitrogen and oxygen atoms in total. The molecular formula is C33H34NP. The highest BCUT2D eigenvalue weighted by molar-refractivity contribution is 7.91. The van der Waals surface area contributed by atoms with Crippen LogP contribution in [0, 0.1) is 0 Å². The van der Waals surface area contributed by atoms with Crippen LogP contribution in [0.3, 0.4) is 0 Å². The quantitative estimate of drug-likeness (QED) is 0.277. The van der Waals surface area contributed by atoms with Gasteiger partial charge in [0.15, 0.2) is 0 Å². The van der Waals surface area contributed by atoms with Crippen molar-refractivity contribution in [3.63, 3.8) is 0 Å². The van der Waals surface area contributed by atoms with Gasteiger partial charge in [-0.25, -0.2) is 0 Å². The van der Waals surface area contributed by atoms with Gasteiger partial charge >= 0.3 is 0 Å². The summed E-state index contributed by atoms with van der Waals surface area (Å²) in [7, 11) is -2.26. The van der Waals surface area contributed by atoms with E-state index >= 15 is 0 Å². The predicted molar refractivity (Wildman–Crippen MR) is 157 cm³/mol. The van der Waals surface area contributed by atoms with Crippen molar-refractivity contribution in [2.24, 2.45) is 0 Å². The van der Waals surface area contributed by atoms with Crippen molar-refractivity contribution in [1.29, 1.82) is 0 Å². The van der Waals surface area contributed by atoms with Gasteiger partial charge in [-0.05, 0) is 44.7 Å². The Hall–Kier alpha value is -3.28. The topological polar surface area (TPSA) is 12.0 Å². The average Bonchev–Trinajstić information content (AvgIpc) is 3.32. The number of allylic oxidation sites excluding steroid dienone is 1. The smallest absolute Gasteiger partial charge is 0.0446 e. The van der Waals surface area contributed by atoms with Crippen LogP contribution in [0.1, 0.15) is 61.8 Å². The second-order valence-electron chi connectivity index (χ2n) is 9.88. The summed E-state index contributed by atoms with van der Waals surface area (Å²) < 4.78 is 0. The molecule has 0 fully saturated rings. The molecule has 5 rings (SSSR count). The monoisotopic (exact) mass is 475 g/mol. The van der Waals surface area contributed by atoms with Crippen molar-refractivity contribution in [2.75, 3.05) is 5.09 Å². The lowest BCUT2D eigenvalue weighted by atomic mass is 9.93. The normalized spacial score (nSPS) is 12.9. The van der Waals surface area contributed by atoms with Gasteiger partial charge in [0.1, 0.15) is 0 Å². The summed E-state index contributed by atoms with van der Waals surface area (Å²) in [5.41, 5.74) is 6.67. The lowest BCUT2D eigenvalue weighted by Crippen LogP contribution is -2.28. The fourth-order valence-electron chi connectivity index (χ4n) is 5.19. The van der Waals surface area contributed by atoms with E-state index in [1.165, 1.54) is 43.8 Å². The SMILES string of the molecule is CC(C)c1cccc(C(C)C)c1NP(=C1C=Cc2ccccc21)(c1ccccc1)c1ccccc1. The third-order valence-electron chi connectivity index (χ3n) is 6.96.